The number of pyridine rings is 1. The van der Waals surface area contributed by atoms with Crippen molar-refractivity contribution in [3.8, 4) is 0 Å². The minimum atomic E-state index is -3.49. The molecule has 1 heterocycles. The number of hydrogen-bond acceptors (Lipinski definition) is 6. The third kappa shape index (κ3) is 6.30. The summed E-state index contributed by atoms with van der Waals surface area (Å²) in [6.07, 6.45) is 2.35. The Hall–Kier alpha value is -1.47. The molecule has 106 valence electrons. The van der Waals surface area contributed by atoms with Crippen molar-refractivity contribution in [3.05, 3.63) is 29.6 Å². The van der Waals surface area contributed by atoms with Gasteiger partial charge in [-0.3, -0.25) is 4.18 Å². The molecule has 0 saturated carbocycles. The lowest BCUT2D eigenvalue weighted by atomic mass is 10.2. The van der Waals surface area contributed by atoms with Crippen molar-refractivity contribution in [3.63, 3.8) is 0 Å². The molecule has 7 heteroatoms. The SMILES string of the molecule is CC(C)(C)OC(=O)c1ccc(COS(C)(=O)=O)cn1. The average Bonchev–Trinajstić information content (AvgIpc) is 2.23. The molecule has 0 bridgehead atoms. The molecule has 19 heavy (non-hydrogen) atoms. The second-order valence-electron chi connectivity index (χ2n) is 5.02. The van der Waals surface area contributed by atoms with Crippen LogP contribution in [0.2, 0.25) is 0 Å². The molecular formula is C12H17NO5S. The van der Waals surface area contributed by atoms with Crippen LogP contribution < -0.4 is 0 Å². The summed E-state index contributed by atoms with van der Waals surface area (Å²) < 4.78 is 31.4. The van der Waals surface area contributed by atoms with Gasteiger partial charge in [-0.2, -0.15) is 8.42 Å². The molecule has 0 aliphatic heterocycles. The van der Waals surface area contributed by atoms with E-state index in [9.17, 15) is 13.2 Å². The Bertz CT molecular complexity index is 542. The van der Waals surface area contributed by atoms with Crippen molar-refractivity contribution in [1.82, 2.24) is 4.98 Å². The first-order chi connectivity index (χ1) is 8.57. The molecule has 6 nitrogen and oxygen atoms in total. The summed E-state index contributed by atoms with van der Waals surface area (Å²) in [4.78, 5) is 15.6. The van der Waals surface area contributed by atoms with Crippen molar-refractivity contribution in [2.75, 3.05) is 6.26 Å². The maximum atomic E-state index is 11.7. The van der Waals surface area contributed by atoms with Crippen molar-refractivity contribution in [1.29, 1.82) is 0 Å². The van der Waals surface area contributed by atoms with E-state index < -0.39 is 21.7 Å². The Balaban J connectivity index is 2.69. The zero-order valence-corrected chi connectivity index (χ0v) is 12.2. The van der Waals surface area contributed by atoms with E-state index >= 15 is 0 Å². The van der Waals surface area contributed by atoms with Gasteiger partial charge in [0, 0.05) is 6.20 Å². The van der Waals surface area contributed by atoms with E-state index in [-0.39, 0.29) is 12.3 Å². The van der Waals surface area contributed by atoms with E-state index in [0.29, 0.717) is 5.56 Å². The number of carbonyl (C=O) groups excluding carboxylic acids is 1. The highest BCUT2D eigenvalue weighted by Gasteiger charge is 2.18. The molecule has 0 aromatic carbocycles. The fraction of sp³-hybridized carbons (Fsp3) is 0.500. The van der Waals surface area contributed by atoms with Crippen LogP contribution in [0.3, 0.4) is 0 Å². The summed E-state index contributed by atoms with van der Waals surface area (Å²) in [6.45, 7) is 5.18. The lowest BCUT2D eigenvalue weighted by molar-refractivity contribution is 0.00627. The van der Waals surface area contributed by atoms with Gasteiger partial charge in [-0.25, -0.2) is 9.78 Å². The second kappa shape index (κ2) is 5.66. The van der Waals surface area contributed by atoms with Gasteiger partial charge in [0.05, 0.1) is 12.9 Å². The second-order valence-corrected chi connectivity index (χ2v) is 6.66. The van der Waals surface area contributed by atoms with Crippen molar-refractivity contribution in [2.24, 2.45) is 0 Å². The molecule has 0 spiro atoms. The van der Waals surface area contributed by atoms with E-state index in [1.54, 1.807) is 26.8 Å². The van der Waals surface area contributed by atoms with Crippen LogP contribution in [-0.4, -0.2) is 31.2 Å². The minimum absolute atomic E-state index is 0.111. The van der Waals surface area contributed by atoms with Gasteiger partial charge in [0.2, 0.25) is 0 Å². The van der Waals surface area contributed by atoms with Gasteiger partial charge in [0.25, 0.3) is 10.1 Å². The summed E-state index contributed by atoms with van der Waals surface area (Å²) in [6, 6.07) is 3.03. The average molecular weight is 287 g/mol. The maximum Gasteiger partial charge on any atom is 0.357 e. The molecule has 0 fully saturated rings. The molecule has 1 aromatic heterocycles. The fourth-order valence-corrected chi connectivity index (χ4v) is 1.49. The van der Waals surface area contributed by atoms with Gasteiger partial charge in [-0.1, -0.05) is 6.07 Å². The quantitative estimate of drug-likeness (QED) is 0.616. The third-order valence-corrected chi connectivity index (χ3v) is 2.42. The van der Waals surface area contributed by atoms with Gasteiger partial charge < -0.3 is 4.74 Å². The highest BCUT2D eigenvalue weighted by Crippen LogP contribution is 2.11. The Morgan fingerprint density at radius 2 is 1.95 bits per heavy atom. The molecule has 0 aliphatic carbocycles. The van der Waals surface area contributed by atoms with Crippen LogP contribution in [0.15, 0.2) is 18.3 Å². The number of aromatic nitrogens is 1. The Morgan fingerprint density at radius 3 is 2.37 bits per heavy atom. The standard InChI is InChI=1S/C12H17NO5S/c1-12(2,3)18-11(14)10-6-5-9(7-13-10)8-17-19(4,15)16/h5-7H,8H2,1-4H3. The first-order valence-electron chi connectivity index (χ1n) is 5.59. The molecule has 0 saturated heterocycles. The molecule has 1 aromatic rings. The number of nitrogens with zero attached hydrogens (tertiary/aromatic N) is 1. The lowest BCUT2D eigenvalue weighted by Gasteiger charge is -2.19. The number of rotatable bonds is 4. The monoisotopic (exact) mass is 287 g/mol. The van der Waals surface area contributed by atoms with Crippen molar-refractivity contribution >= 4 is 16.1 Å². The molecular weight excluding hydrogens is 270 g/mol. The van der Waals surface area contributed by atoms with Gasteiger partial charge >= 0.3 is 5.97 Å². The van der Waals surface area contributed by atoms with E-state index in [1.165, 1.54) is 12.3 Å². The highest BCUT2D eigenvalue weighted by atomic mass is 32.2. The summed E-state index contributed by atoms with van der Waals surface area (Å²) in [7, 11) is -3.49. The van der Waals surface area contributed by atoms with E-state index in [0.717, 1.165) is 6.26 Å². The van der Waals surface area contributed by atoms with Crippen LogP contribution in [-0.2, 0) is 25.6 Å². The molecule has 0 radical (unpaired) electrons. The smallest absolute Gasteiger partial charge is 0.357 e. The lowest BCUT2D eigenvalue weighted by Crippen LogP contribution is -2.24. The summed E-state index contributed by atoms with van der Waals surface area (Å²) in [5.41, 5.74) is 0.132. The first kappa shape index (κ1) is 15.6. The first-order valence-corrected chi connectivity index (χ1v) is 7.41. The predicted molar refractivity (Wildman–Crippen MR) is 69.0 cm³/mol. The van der Waals surface area contributed by atoms with Crippen LogP contribution in [0, 0.1) is 0 Å². The van der Waals surface area contributed by atoms with Gasteiger partial charge in [-0.15, -0.1) is 0 Å². The van der Waals surface area contributed by atoms with E-state index in [4.69, 9.17) is 4.74 Å². The Morgan fingerprint density at radius 1 is 1.32 bits per heavy atom. The maximum absolute atomic E-state index is 11.7. The molecule has 0 amide bonds. The third-order valence-electron chi connectivity index (χ3n) is 1.87. The van der Waals surface area contributed by atoms with Crippen LogP contribution >= 0.6 is 0 Å². The molecule has 1 rings (SSSR count). The minimum Gasteiger partial charge on any atom is -0.455 e. The van der Waals surface area contributed by atoms with Gasteiger partial charge in [-0.05, 0) is 32.4 Å². The highest BCUT2D eigenvalue weighted by molar-refractivity contribution is 7.85. The zero-order valence-electron chi connectivity index (χ0n) is 11.3. The summed E-state index contributed by atoms with van der Waals surface area (Å²) in [5.74, 6) is -0.525. The molecule has 0 atom stereocenters. The van der Waals surface area contributed by atoms with Crippen molar-refractivity contribution < 1.29 is 22.1 Å². The molecule has 0 unspecified atom stereocenters. The van der Waals surface area contributed by atoms with Crippen LogP contribution in [0.1, 0.15) is 36.8 Å². The Labute approximate surface area is 112 Å². The van der Waals surface area contributed by atoms with Crippen LogP contribution in [0.4, 0.5) is 0 Å². The largest absolute Gasteiger partial charge is 0.455 e. The van der Waals surface area contributed by atoms with Gasteiger partial charge in [0.15, 0.2) is 0 Å². The summed E-state index contributed by atoms with van der Waals surface area (Å²) in [5, 5.41) is 0. The molecule has 0 aliphatic rings. The van der Waals surface area contributed by atoms with E-state index in [2.05, 4.69) is 9.17 Å². The number of esters is 1. The normalized spacial score (nSPS) is 12.2. The van der Waals surface area contributed by atoms with Gasteiger partial charge in [0.1, 0.15) is 11.3 Å². The van der Waals surface area contributed by atoms with Crippen LogP contribution in [0.25, 0.3) is 0 Å². The number of hydrogen-bond donors (Lipinski definition) is 0. The fourth-order valence-electron chi connectivity index (χ4n) is 1.14. The number of carbonyl (C=O) groups is 1. The Kier molecular flexibility index (Phi) is 4.65. The predicted octanol–water partition coefficient (Wildman–Crippen LogP) is 1.51. The molecule has 0 N–H and O–H groups in total. The van der Waals surface area contributed by atoms with Crippen LogP contribution in [0.5, 0.6) is 0 Å². The zero-order chi connectivity index (χ0) is 14.7. The number of ether oxygens (including phenoxy) is 1. The van der Waals surface area contributed by atoms with E-state index in [1.807, 2.05) is 0 Å². The van der Waals surface area contributed by atoms with Crippen molar-refractivity contribution in [2.45, 2.75) is 33.0 Å². The topological polar surface area (TPSA) is 82.6 Å². The summed E-state index contributed by atoms with van der Waals surface area (Å²) >= 11 is 0.